The monoisotopic (exact) mass is 463 g/mol. The van der Waals surface area contributed by atoms with Crippen molar-refractivity contribution in [3.8, 4) is 10.8 Å². The van der Waals surface area contributed by atoms with Gasteiger partial charge in [0.1, 0.15) is 23.1 Å². The fourth-order valence-corrected chi connectivity index (χ4v) is 6.11. The van der Waals surface area contributed by atoms with Gasteiger partial charge in [0, 0.05) is 16.0 Å². The normalized spacial score (nSPS) is 16.2. The summed E-state index contributed by atoms with van der Waals surface area (Å²) in [5.74, 6) is 3.64. The highest BCUT2D eigenvalue weighted by Gasteiger charge is 2.26. The number of ether oxygens (including phenoxy) is 1. The standard InChI is InChI=1S/C26H33N5OS/c1-17-18(2)33-26-24(17)25(28-16-23-30-29-19(3)31(23)26)21-7-9-22(10-8-21)32-15-5-4-6-20-11-13-27-14-12-20/h7-10,20,27H,4-6,11-16H2,1-3H3. The minimum Gasteiger partial charge on any atom is -0.494 e. The number of aryl methyl sites for hydroxylation is 2. The van der Waals surface area contributed by atoms with Crippen molar-refractivity contribution in [3.05, 3.63) is 57.5 Å². The largest absolute Gasteiger partial charge is 0.494 e. The van der Waals surface area contributed by atoms with Gasteiger partial charge < -0.3 is 10.1 Å². The van der Waals surface area contributed by atoms with Gasteiger partial charge in [0.05, 0.1) is 12.3 Å². The molecule has 0 unspecified atom stereocenters. The van der Waals surface area contributed by atoms with Crippen LogP contribution in [0.1, 0.15) is 65.3 Å². The zero-order valence-electron chi connectivity index (χ0n) is 19.9. The number of nitrogens with one attached hydrogen (secondary N) is 1. The molecule has 3 aromatic rings. The molecule has 1 aromatic carbocycles. The maximum atomic E-state index is 6.04. The summed E-state index contributed by atoms with van der Waals surface area (Å²) in [5.41, 5.74) is 4.63. The van der Waals surface area contributed by atoms with E-state index in [-0.39, 0.29) is 0 Å². The second-order valence-electron chi connectivity index (χ2n) is 9.19. The third-order valence-electron chi connectivity index (χ3n) is 6.94. The Morgan fingerprint density at radius 1 is 1.06 bits per heavy atom. The predicted octanol–water partition coefficient (Wildman–Crippen LogP) is 5.15. The van der Waals surface area contributed by atoms with Crippen LogP contribution in [0.3, 0.4) is 0 Å². The number of unbranched alkanes of at least 4 members (excludes halogenated alkanes) is 1. The summed E-state index contributed by atoms with van der Waals surface area (Å²) >= 11 is 1.79. The Balaban J connectivity index is 1.26. The van der Waals surface area contributed by atoms with Crippen molar-refractivity contribution < 1.29 is 4.74 Å². The molecule has 0 aliphatic carbocycles. The lowest BCUT2D eigenvalue weighted by Crippen LogP contribution is -2.27. The SMILES string of the molecule is Cc1sc2c(c1C)C(c1ccc(OCCCCC3CCNCC3)cc1)=NCc1nnc(C)n1-2. The summed E-state index contributed by atoms with van der Waals surface area (Å²) in [6.45, 7) is 10.1. The Hall–Kier alpha value is -2.51. The molecular weight excluding hydrogens is 430 g/mol. The van der Waals surface area contributed by atoms with Crippen LogP contribution in [0, 0.1) is 26.7 Å². The fraction of sp³-hybridized carbons (Fsp3) is 0.500. The molecule has 0 bridgehead atoms. The highest BCUT2D eigenvalue weighted by Crippen LogP contribution is 2.36. The third kappa shape index (κ3) is 4.62. The van der Waals surface area contributed by atoms with Crippen LogP contribution in [-0.4, -0.2) is 40.2 Å². The van der Waals surface area contributed by atoms with Crippen molar-refractivity contribution in [2.45, 2.75) is 59.4 Å². The molecule has 0 saturated carbocycles. The number of hydrogen-bond donors (Lipinski definition) is 1. The van der Waals surface area contributed by atoms with Gasteiger partial charge in [-0.05, 0) is 95.3 Å². The maximum Gasteiger partial charge on any atom is 0.160 e. The van der Waals surface area contributed by atoms with Gasteiger partial charge in [-0.25, -0.2) is 0 Å². The number of hydrogen-bond acceptors (Lipinski definition) is 6. The average molecular weight is 464 g/mol. The lowest BCUT2D eigenvalue weighted by Gasteiger charge is -2.22. The van der Waals surface area contributed by atoms with E-state index in [2.05, 4.69) is 58.2 Å². The molecule has 1 N–H and O–H groups in total. The Labute approximate surface area is 200 Å². The Kier molecular flexibility index (Phi) is 6.60. The van der Waals surface area contributed by atoms with Crippen molar-refractivity contribution in [1.29, 1.82) is 0 Å². The molecule has 6 nitrogen and oxygen atoms in total. The van der Waals surface area contributed by atoms with E-state index in [1.807, 2.05) is 6.92 Å². The van der Waals surface area contributed by atoms with E-state index < -0.39 is 0 Å². The van der Waals surface area contributed by atoms with E-state index in [9.17, 15) is 0 Å². The zero-order chi connectivity index (χ0) is 22.8. The van der Waals surface area contributed by atoms with Gasteiger partial charge in [0.25, 0.3) is 0 Å². The molecule has 33 heavy (non-hydrogen) atoms. The van der Waals surface area contributed by atoms with Crippen LogP contribution in [0.4, 0.5) is 0 Å². The molecule has 0 amide bonds. The summed E-state index contributed by atoms with van der Waals surface area (Å²) in [7, 11) is 0. The van der Waals surface area contributed by atoms with E-state index in [0.29, 0.717) is 6.54 Å². The van der Waals surface area contributed by atoms with Crippen molar-refractivity contribution in [2.75, 3.05) is 19.7 Å². The molecule has 1 saturated heterocycles. The number of nitrogens with zero attached hydrogens (tertiary/aromatic N) is 4. The van der Waals surface area contributed by atoms with Crippen LogP contribution in [-0.2, 0) is 6.54 Å². The first-order chi connectivity index (χ1) is 16.1. The first-order valence-electron chi connectivity index (χ1n) is 12.1. The number of aromatic nitrogens is 3. The van der Waals surface area contributed by atoms with Crippen LogP contribution in [0.5, 0.6) is 5.75 Å². The zero-order valence-corrected chi connectivity index (χ0v) is 20.7. The summed E-state index contributed by atoms with van der Waals surface area (Å²) in [4.78, 5) is 6.28. The molecule has 4 heterocycles. The first-order valence-corrected chi connectivity index (χ1v) is 12.9. The number of fused-ring (bicyclic) bond motifs is 3. The van der Waals surface area contributed by atoms with Gasteiger partial charge >= 0.3 is 0 Å². The smallest absolute Gasteiger partial charge is 0.160 e. The van der Waals surface area contributed by atoms with Gasteiger partial charge in [-0.3, -0.25) is 9.56 Å². The highest BCUT2D eigenvalue weighted by atomic mass is 32.1. The number of aliphatic imine (C=N–C) groups is 1. The number of piperidine rings is 1. The molecule has 2 aliphatic rings. The average Bonchev–Trinajstić information content (AvgIpc) is 3.28. The molecule has 0 atom stereocenters. The Morgan fingerprint density at radius 2 is 1.85 bits per heavy atom. The van der Waals surface area contributed by atoms with Crippen molar-refractivity contribution in [3.63, 3.8) is 0 Å². The maximum absolute atomic E-state index is 6.04. The van der Waals surface area contributed by atoms with Crippen LogP contribution < -0.4 is 10.1 Å². The van der Waals surface area contributed by atoms with Gasteiger partial charge in [0.15, 0.2) is 5.82 Å². The third-order valence-corrected chi connectivity index (χ3v) is 8.13. The van der Waals surface area contributed by atoms with Crippen molar-refractivity contribution >= 4 is 17.0 Å². The summed E-state index contributed by atoms with van der Waals surface area (Å²) in [6, 6.07) is 8.43. The van der Waals surface area contributed by atoms with E-state index >= 15 is 0 Å². The molecular formula is C26H33N5OS. The number of thiophene rings is 1. The van der Waals surface area contributed by atoms with Crippen molar-refractivity contribution in [1.82, 2.24) is 20.1 Å². The van der Waals surface area contributed by atoms with Gasteiger partial charge in [-0.15, -0.1) is 21.5 Å². The topological polar surface area (TPSA) is 64.3 Å². The minimum atomic E-state index is 0.533. The highest BCUT2D eigenvalue weighted by molar-refractivity contribution is 7.15. The summed E-state index contributed by atoms with van der Waals surface area (Å²) in [5, 5.41) is 13.3. The molecule has 1 fully saturated rings. The minimum absolute atomic E-state index is 0.533. The summed E-state index contributed by atoms with van der Waals surface area (Å²) in [6.07, 6.45) is 6.36. The molecule has 174 valence electrons. The molecule has 0 radical (unpaired) electrons. The second-order valence-corrected chi connectivity index (χ2v) is 10.4. The van der Waals surface area contributed by atoms with Crippen molar-refractivity contribution in [2.24, 2.45) is 10.9 Å². The predicted molar refractivity (Wildman–Crippen MR) is 134 cm³/mol. The molecule has 5 rings (SSSR count). The Morgan fingerprint density at radius 3 is 2.64 bits per heavy atom. The van der Waals surface area contributed by atoms with E-state index in [4.69, 9.17) is 9.73 Å². The van der Waals surface area contributed by atoms with E-state index in [0.717, 1.165) is 47.6 Å². The molecule has 0 spiro atoms. The van der Waals surface area contributed by atoms with E-state index in [1.165, 1.54) is 59.8 Å². The number of rotatable bonds is 7. The van der Waals surface area contributed by atoms with Crippen LogP contribution >= 0.6 is 11.3 Å². The molecule has 2 aromatic heterocycles. The first kappa shape index (κ1) is 22.3. The second kappa shape index (κ2) is 9.77. The van der Waals surface area contributed by atoms with Gasteiger partial charge in [0.2, 0.25) is 0 Å². The molecule has 2 aliphatic heterocycles. The summed E-state index contributed by atoms with van der Waals surface area (Å²) < 4.78 is 8.21. The van der Waals surface area contributed by atoms with Crippen LogP contribution in [0.25, 0.3) is 5.00 Å². The van der Waals surface area contributed by atoms with Crippen LogP contribution in [0.2, 0.25) is 0 Å². The lowest BCUT2D eigenvalue weighted by atomic mass is 9.93. The van der Waals surface area contributed by atoms with E-state index in [1.54, 1.807) is 11.3 Å². The number of benzene rings is 1. The molecule has 7 heteroatoms. The Bertz CT molecular complexity index is 1140. The lowest BCUT2D eigenvalue weighted by molar-refractivity contribution is 0.287. The van der Waals surface area contributed by atoms with Crippen LogP contribution in [0.15, 0.2) is 29.3 Å². The fourth-order valence-electron chi connectivity index (χ4n) is 4.89. The van der Waals surface area contributed by atoms with Gasteiger partial charge in [-0.2, -0.15) is 0 Å². The van der Waals surface area contributed by atoms with Gasteiger partial charge in [-0.1, -0.05) is 6.42 Å². The quantitative estimate of drug-likeness (QED) is 0.492.